The highest BCUT2D eigenvalue weighted by Crippen LogP contribution is 2.10. The zero-order valence-electron chi connectivity index (χ0n) is 11.5. The molecule has 0 atom stereocenters. The Kier molecular flexibility index (Phi) is 5.20. The molecule has 0 saturated heterocycles. The van der Waals surface area contributed by atoms with Crippen LogP contribution >= 0.6 is 0 Å². The summed E-state index contributed by atoms with van der Waals surface area (Å²) in [7, 11) is 0. The average molecular weight is 299 g/mol. The highest BCUT2D eigenvalue weighted by Gasteiger charge is 2.03. The van der Waals surface area contributed by atoms with Gasteiger partial charge >= 0.3 is 0 Å². The number of para-hydroxylation sites is 1. The van der Waals surface area contributed by atoms with E-state index in [1.807, 2.05) is 6.07 Å². The monoisotopic (exact) mass is 299 g/mol. The number of nitro groups is 1. The van der Waals surface area contributed by atoms with Crippen molar-refractivity contribution in [2.45, 2.75) is 0 Å². The maximum absolute atomic E-state index is 11.5. The van der Waals surface area contributed by atoms with Crippen molar-refractivity contribution in [3.05, 3.63) is 70.3 Å². The van der Waals surface area contributed by atoms with Crippen molar-refractivity contribution in [3.8, 4) is 5.75 Å². The van der Waals surface area contributed by atoms with Gasteiger partial charge in [0.2, 0.25) is 0 Å². The third-order valence-electron chi connectivity index (χ3n) is 2.62. The third kappa shape index (κ3) is 4.71. The highest BCUT2D eigenvalue weighted by atomic mass is 16.6. The first-order valence-corrected chi connectivity index (χ1v) is 6.39. The maximum Gasteiger partial charge on any atom is 0.277 e. The number of hydrogen-bond acceptors (Lipinski definition) is 5. The third-order valence-corrected chi connectivity index (χ3v) is 2.62. The van der Waals surface area contributed by atoms with Crippen LogP contribution in [0, 0.1) is 10.1 Å². The molecule has 2 rings (SSSR count). The number of carbonyl (C=O) groups excluding carboxylic acids is 1. The summed E-state index contributed by atoms with van der Waals surface area (Å²) in [4.78, 5) is 21.5. The van der Waals surface area contributed by atoms with Gasteiger partial charge in [-0.2, -0.15) is 5.10 Å². The van der Waals surface area contributed by atoms with Crippen molar-refractivity contribution in [2.75, 3.05) is 6.61 Å². The quantitative estimate of drug-likeness (QED) is 0.502. The van der Waals surface area contributed by atoms with Gasteiger partial charge in [-0.3, -0.25) is 14.9 Å². The SMILES string of the molecule is O=C(COc1ccccc1)NN=Cc1ccc([N+](=O)[O-])cc1. The number of hydrogen-bond donors (Lipinski definition) is 1. The van der Waals surface area contributed by atoms with Crippen LogP contribution in [-0.2, 0) is 4.79 Å². The summed E-state index contributed by atoms with van der Waals surface area (Å²) in [5.41, 5.74) is 2.94. The average Bonchev–Trinajstić information content (AvgIpc) is 2.54. The van der Waals surface area contributed by atoms with Crippen molar-refractivity contribution in [1.29, 1.82) is 0 Å². The maximum atomic E-state index is 11.5. The van der Waals surface area contributed by atoms with Crippen LogP contribution < -0.4 is 10.2 Å². The molecule has 0 unspecified atom stereocenters. The molecule has 7 nitrogen and oxygen atoms in total. The van der Waals surface area contributed by atoms with E-state index in [4.69, 9.17) is 4.74 Å². The summed E-state index contributed by atoms with van der Waals surface area (Å²) in [6.45, 7) is -0.151. The van der Waals surface area contributed by atoms with E-state index in [0.29, 0.717) is 11.3 Å². The molecule has 0 aliphatic rings. The molecule has 22 heavy (non-hydrogen) atoms. The zero-order valence-corrected chi connectivity index (χ0v) is 11.5. The van der Waals surface area contributed by atoms with Crippen molar-refractivity contribution in [3.63, 3.8) is 0 Å². The first kappa shape index (κ1) is 15.2. The molecule has 0 fully saturated rings. The van der Waals surface area contributed by atoms with E-state index in [2.05, 4.69) is 10.5 Å². The Labute approximate surface area is 126 Å². The Morgan fingerprint density at radius 1 is 1.18 bits per heavy atom. The predicted molar refractivity (Wildman–Crippen MR) is 80.8 cm³/mol. The van der Waals surface area contributed by atoms with Gasteiger partial charge in [0.05, 0.1) is 11.1 Å². The first-order valence-electron chi connectivity index (χ1n) is 6.39. The number of nitro benzene ring substituents is 1. The molecule has 2 aromatic carbocycles. The molecule has 7 heteroatoms. The standard InChI is InChI=1S/C15H13N3O4/c19-15(11-22-14-4-2-1-3-5-14)17-16-10-12-6-8-13(9-7-12)18(20)21/h1-10H,11H2,(H,17,19). The summed E-state index contributed by atoms with van der Waals surface area (Å²) in [6.07, 6.45) is 1.39. The molecule has 1 amide bonds. The summed E-state index contributed by atoms with van der Waals surface area (Å²) < 4.78 is 5.25. The largest absolute Gasteiger partial charge is 0.484 e. The van der Waals surface area contributed by atoms with Gasteiger partial charge in [0.15, 0.2) is 6.61 Å². The van der Waals surface area contributed by atoms with Gasteiger partial charge in [-0.1, -0.05) is 18.2 Å². The van der Waals surface area contributed by atoms with Gasteiger partial charge in [-0.15, -0.1) is 0 Å². The minimum atomic E-state index is -0.483. The van der Waals surface area contributed by atoms with Crippen LogP contribution in [0.5, 0.6) is 5.75 Å². The predicted octanol–water partition coefficient (Wildman–Crippen LogP) is 2.12. The molecule has 0 spiro atoms. The van der Waals surface area contributed by atoms with Crippen LogP contribution in [0.1, 0.15) is 5.56 Å². The van der Waals surface area contributed by atoms with E-state index in [1.165, 1.54) is 30.5 Å². The van der Waals surface area contributed by atoms with Crippen molar-refractivity contribution >= 4 is 17.8 Å². The Bertz CT molecular complexity index is 669. The number of non-ortho nitro benzene ring substituents is 1. The van der Waals surface area contributed by atoms with Gasteiger partial charge in [0.1, 0.15) is 5.75 Å². The summed E-state index contributed by atoms with van der Waals surface area (Å²) in [5.74, 6) is 0.194. The molecule has 2 aromatic rings. The lowest BCUT2D eigenvalue weighted by Gasteiger charge is -2.04. The van der Waals surface area contributed by atoms with Crippen molar-refractivity contribution in [2.24, 2.45) is 5.10 Å². The fourth-order valence-electron chi connectivity index (χ4n) is 1.56. The number of rotatable bonds is 6. The lowest BCUT2D eigenvalue weighted by molar-refractivity contribution is -0.384. The van der Waals surface area contributed by atoms with Crippen LogP contribution in [0.2, 0.25) is 0 Å². The Morgan fingerprint density at radius 3 is 2.50 bits per heavy atom. The Balaban J connectivity index is 1.79. The number of ether oxygens (including phenoxy) is 1. The van der Waals surface area contributed by atoms with E-state index >= 15 is 0 Å². The molecule has 0 radical (unpaired) electrons. The fraction of sp³-hybridized carbons (Fsp3) is 0.0667. The lowest BCUT2D eigenvalue weighted by Crippen LogP contribution is -2.24. The minimum absolute atomic E-state index is 0.00236. The summed E-state index contributed by atoms with van der Waals surface area (Å²) in [6, 6.07) is 14.7. The van der Waals surface area contributed by atoms with Crippen LogP contribution in [0.4, 0.5) is 5.69 Å². The number of nitrogens with zero attached hydrogens (tertiary/aromatic N) is 2. The normalized spacial score (nSPS) is 10.4. The molecule has 0 bridgehead atoms. The van der Waals surface area contributed by atoms with Gasteiger partial charge < -0.3 is 4.74 Å². The zero-order chi connectivity index (χ0) is 15.8. The number of hydrazone groups is 1. The van der Waals surface area contributed by atoms with Gasteiger partial charge in [-0.05, 0) is 29.8 Å². The van der Waals surface area contributed by atoms with Crippen LogP contribution in [0.15, 0.2) is 59.7 Å². The summed E-state index contributed by atoms with van der Waals surface area (Å²) in [5, 5.41) is 14.3. The molecule has 0 saturated carbocycles. The van der Waals surface area contributed by atoms with Crippen LogP contribution in [0.25, 0.3) is 0 Å². The van der Waals surface area contributed by atoms with Crippen LogP contribution in [0.3, 0.4) is 0 Å². The number of carbonyl (C=O) groups is 1. The minimum Gasteiger partial charge on any atom is -0.484 e. The summed E-state index contributed by atoms with van der Waals surface area (Å²) >= 11 is 0. The fourth-order valence-corrected chi connectivity index (χ4v) is 1.56. The van der Waals surface area contributed by atoms with E-state index < -0.39 is 10.8 Å². The molecular weight excluding hydrogens is 286 g/mol. The van der Waals surface area contributed by atoms with Gasteiger partial charge in [0, 0.05) is 12.1 Å². The van der Waals surface area contributed by atoms with Gasteiger partial charge in [0.25, 0.3) is 11.6 Å². The van der Waals surface area contributed by atoms with Crippen LogP contribution in [-0.4, -0.2) is 23.7 Å². The Morgan fingerprint density at radius 2 is 1.86 bits per heavy atom. The van der Waals surface area contributed by atoms with E-state index in [9.17, 15) is 14.9 Å². The number of benzene rings is 2. The molecule has 0 aliphatic carbocycles. The van der Waals surface area contributed by atoms with E-state index in [0.717, 1.165) is 0 Å². The second-order valence-corrected chi connectivity index (χ2v) is 4.24. The first-order chi connectivity index (χ1) is 10.6. The lowest BCUT2D eigenvalue weighted by atomic mass is 10.2. The van der Waals surface area contributed by atoms with Crippen molar-refractivity contribution < 1.29 is 14.5 Å². The number of amides is 1. The molecular formula is C15H13N3O4. The Hall–Kier alpha value is -3.22. The molecule has 0 aromatic heterocycles. The van der Waals surface area contributed by atoms with Crippen molar-refractivity contribution in [1.82, 2.24) is 5.43 Å². The smallest absolute Gasteiger partial charge is 0.277 e. The molecule has 1 N–H and O–H groups in total. The second-order valence-electron chi connectivity index (χ2n) is 4.24. The highest BCUT2D eigenvalue weighted by molar-refractivity contribution is 5.83. The van der Waals surface area contributed by atoms with Gasteiger partial charge in [-0.25, -0.2) is 5.43 Å². The van der Waals surface area contributed by atoms with E-state index in [1.54, 1.807) is 24.3 Å². The second kappa shape index (κ2) is 7.53. The molecule has 112 valence electrons. The topological polar surface area (TPSA) is 93.8 Å². The number of nitrogens with one attached hydrogen (secondary N) is 1. The molecule has 0 aliphatic heterocycles. The molecule has 0 heterocycles. The van der Waals surface area contributed by atoms with E-state index in [-0.39, 0.29) is 12.3 Å².